The zero-order valence-electron chi connectivity index (χ0n) is 14.8. The summed E-state index contributed by atoms with van der Waals surface area (Å²) < 4.78 is 29.2. The highest BCUT2D eigenvalue weighted by atomic mass is 19.1. The lowest BCUT2D eigenvalue weighted by Gasteiger charge is -2.35. The first-order valence-electron chi connectivity index (χ1n) is 7.93. The van der Waals surface area contributed by atoms with Gasteiger partial charge >= 0.3 is 6.09 Å². The second kappa shape index (κ2) is 7.69. The molecule has 0 aromatic heterocycles. The van der Waals surface area contributed by atoms with E-state index in [1.807, 2.05) is 0 Å². The minimum absolute atomic E-state index is 0.0454. The fraction of sp³-hybridized carbons (Fsp3) is 0.529. The van der Waals surface area contributed by atoms with Crippen LogP contribution in [0.2, 0.25) is 0 Å². The molecule has 1 aromatic carbocycles. The number of morpholine rings is 1. The molecule has 0 spiro atoms. The third-order valence-electron chi connectivity index (χ3n) is 3.48. The van der Waals surface area contributed by atoms with Gasteiger partial charge in [-0.25, -0.2) is 9.18 Å². The van der Waals surface area contributed by atoms with E-state index in [1.165, 1.54) is 24.1 Å². The van der Waals surface area contributed by atoms with Crippen molar-refractivity contribution in [3.63, 3.8) is 0 Å². The van der Waals surface area contributed by atoms with Crippen molar-refractivity contribution < 1.29 is 28.2 Å². The number of carbonyl (C=O) groups is 2. The van der Waals surface area contributed by atoms with Gasteiger partial charge in [0.1, 0.15) is 11.6 Å². The summed E-state index contributed by atoms with van der Waals surface area (Å²) in [7, 11) is 1.36. The molecule has 138 valence electrons. The molecule has 0 radical (unpaired) electrons. The lowest BCUT2D eigenvalue weighted by atomic mass is 10.2. The van der Waals surface area contributed by atoms with Gasteiger partial charge in [-0.3, -0.25) is 9.69 Å². The van der Waals surface area contributed by atoms with Crippen LogP contribution in [0.1, 0.15) is 20.8 Å². The molecule has 1 atom stereocenters. The fourth-order valence-electron chi connectivity index (χ4n) is 2.33. The topological polar surface area (TPSA) is 77.1 Å². The van der Waals surface area contributed by atoms with Crippen molar-refractivity contribution in [3.05, 3.63) is 24.0 Å². The Balaban J connectivity index is 2.09. The number of nitrogens with zero attached hydrogens (tertiary/aromatic N) is 1. The molecule has 0 aliphatic carbocycles. The Kier molecular flexibility index (Phi) is 5.84. The molecule has 1 N–H and O–H groups in total. The third-order valence-corrected chi connectivity index (χ3v) is 3.48. The molecule has 1 fully saturated rings. The zero-order chi connectivity index (χ0) is 18.6. The lowest BCUT2D eigenvalue weighted by Crippen LogP contribution is -2.55. The van der Waals surface area contributed by atoms with Gasteiger partial charge in [-0.05, 0) is 32.9 Å². The van der Waals surface area contributed by atoms with E-state index in [1.54, 1.807) is 20.8 Å². The molecule has 8 heteroatoms. The molecule has 1 aromatic rings. The first kappa shape index (κ1) is 19.0. The zero-order valence-corrected chi connectivity index (χ0v) is 14.8. The molecular weight excluding hydrogens is 331 g/mol. The Bertz CT molecular complexity index is 644. The van der Waals surface area contributed by atoms with E-state index in [0.717, 1.165) is 6.07 Å². The van der Waals surface area contributed by atoms with Crippen LogP contribution in [0, 0.1) is 5.82 Å². The van der Waals surface area contributed by atoms with E-state index in [4.69, 9.17) is 14.2 Å². The maximum Gasteiger partial charge on any atom is 0.411 e. The van der Waals surface area contributed by atoms with E-state index < -0.39 is 29.5 Å². The van der Waals surface area contributed by atoms with Crippen molar-refractivity contribution in [2.45, 2.75) is 32.4 Å². The number of rotatable bonds is 3. The first-order chi connectivity index (χ1) is 11.7. The molecule has 1 saturated heterocycles. The van der Waals surface area contributed by atoms with Crippen LogP contribution in [0.4, 0.5) is 14.9 Å². The van der Waals surface area contributed by atoms with Gasteiger partial charge in [0.2, 0.25) is 5.91 Å². The van der Waals surface area contributed by atoms with Crippen molar-refractivity contribution in [2.75, 3.05) is 32.2 Å². The van der Waals surface area contributed by atoms with Crippen LogP contribution in [0.25, 0.3) is 0 Å². The number of methoxy groups -OCH3 is 1. The molecule has 0 saturated carbocycles. The molecule has 25 heavy (non-hydrogen) atoms. The molecular formula is C17H23FN2O5. The average molecular weight is 354 g/mol. The highest BCUT2D eigenvalue weighted by molar-refractivity contribution is 5.96. The van der Waals surface area contributed by atoms with Gasteiger partial charge in [0.05, 0.1) is 20.3 Å². The Hall–Kier alpha value is -2.35. The van der Waals surface area contributed by atoms with Gasteiger partial charge in [0, 0.05) is 18.3 Å². The van der Waals surface area contributed by atoms with Gasteiger partial charge in [-0.2, -0.15) is 0 Å². The molecule has 0 bridgehead atoms. The van der Waals surface area contributed by atoms with E-state index >= 15 is 0 Å². The van der Waals surface area contributed by atoms with Gasteiger partial charge in [-0.1, -0.05) is 0 Å². The number of carbonyl (C=O) groups excluding carboxylic acids is 2. The number of nitrogens with one attached hydrogen (secondary N) is 1. The van der Waals surface area contributed by atoms with Crippen molar-refractivity contribution in [1.82, 2.24) is 4.90 Å². The third kappa shape index (κ3) is 5.06. The minimum atomic E-state index is -0.853. The smallest absolute Gasteiger partial charge is 0.411 e. The number of amides is 2. The Morgan fingerprint density at radius 2 is 2.08 bits per heavy atom. The van der Waals surface area contributed by atoms with Crippen LogP contribution in [0.5, 0.6) is 5.75 Å². The number of ether oxygens (including phenoxy) is 3. The van der Waals surface area contributed by atoms with Crippen LogP contribution in [-0.2, 0) is 14.3 Å². The van der Waals surface area contributed by atoms with Crippen molar-refractivity contribution in [1.29, 1.82) is 0 Å². The fourth-order valence-corrected chi connectivity index (χ4v) is 2.33. The number of anilines is 1. The lowest BCUT2D eigenvalue weighted by molar-refractivity contribution is -0.127. The summed E-state index contributed by atoms with van der Waals surface area (Å²) in [5.41, 5.74) is -0.409. The van der Waals surface area contributed by atoms with Crippen molar-refractivity contribution in [2.24, 2.45) is 0 Å². The molecule has 1 aliphatic heterocycles. The van der Waals surface area contributed by atoms with E-state index in [0.29, 0.717) is 6.61 Å². The largest absolute Gasteiger partial charge is 0.494 e. The maximum atomic E-state index is 13.7. The second-order valence-electron chi connectivity index (χ2n) is 6.60. The summed E-state index contributed by atoms with van der Waals surface area (Å²) in [5, 5.41) is 2.59. The van der Waals surface area contributed by atoms with E-state index in [-0.39, 0.29) is 24.6 Å². The highest BCUT2D eigenvalue weighted by Gasteiger charge is 2.35. The Labute approximate surface area is 146 Å². The Morgan fingerprint density at radius 3 is 2.68 bits per heavy atom. The van der Waals surface area contributed by atoms with Crippen LogP contribution in [0.3, 0.4) is 0 Å². The number of halogens is 1. The van der Waals surface area contributed by atoms with Crippen LogP contribution in [-0.4, -0.2) is 55.4 Å². The summed E-state index contributed by atoms with van der Waals surface area (Å²) in [6.07, 6.45) is -0.586. The SMILES string of the molecule is COc1ccc(NC(=O)[C@@H]2COCCN2C(=O)OC(C)(C)C)cc1F. The minimum Gasteiger partial charge on any atom is -0.494 e. The molecule has 1 heterocycles. The summed E-state index contributed by atoms with van der Waals surface area (Å²) >= 11 is 0. The number of benzene rings is 1. The van der Waals surface area contributed by atoms with E-state index in [2.05, 4.69) is 5.32 Å². The summed E-state index contributed by atoms with van der Waals surface area (Å²) in [6, 6.07) is 3.22. The normalized spacial score (nSPS) is 17.8. The monoisotopic (exact) mass is 354 g/mol. The molecule has 1 aliphatic rings. The first-order valence-corrected chi connectivity index (χ1v) is 7.93. The Morgan fingerprint density at radius 1 is 1.36 bits per heavy atom. The van der Waals surface area contributed by atoms with Gasteiger partial charge < -0.3 is 19.5 Å². The quantitative estimate of drug-likeness (QED) is 0.902. The highest BCUT2D eigenvalue weighted by Crippen LogP contribution is 2.22. The predicted octanol–water partition coefficient (Wildman–Crippen LogP) is 2.41. The van der Waals surface area contributed by atoms with Gasteiger partial charge in [0.25, 0.3) is 0 Å². The molecule has 2 rings (SSSR count). The van der Waals surface area contributed by atoms with Crippen LogP contribution in [0.15, 0.2) is 18.2 Å². The van der Waals surface area contributed by atoms with Crippen LogP contribution >= 0.6 is 0 Å². The van der Waals surface area contributed by atoms with Crippen LogP contribution < -0.4 is 10.1 Å². The summed E-state index contributed by atoms with van der Waals surface area (Å²) in [5.74, 6) is -0.992. The number of hydrogen-bond donors (Lipinski definition) is 1. The maximum absolute atomic E-state index is 13.7. The molecule has 7 nitrogen and oxygen atoms in total. The molecule has 0 unspecified atom stereocenters. The van der Waals surface area contributed by atoms with Gasteiger partial charge in [0.15, 0.2) is 11.6 Å². The van der Waals surface area contributed by atoms with Gasteiger partial charge in [-0.15, -0.1) is 0 Å². The van der Waals surface area contributed by atoms with E-state index in [9.17, 15) is 14.0 Å². The standard InChI is InChI=1S/C17H23FN2O5/c1-17(2,3)25-16(22)20-7-8-24-10-13(20)15(21)19-11-5-6-14(23-4)12(18)9-11/h5-6,9,13H,7-8,10H2,1-4H3,(H,19,21)/t13-/m0/s1. The number of hydrogen-bond acceptors (Lipinski definition) is 5. The summed E-state index contributed by atoms with van der Waals surface area (Å²) in [4.78, 5) is 26.2. The van der Waals surface area contributed by atoms with Crippen molar-refractivity contribution in [3.8, 4) is 5.75 Å². The average Bonchev–Trinajstić information content (AvgIpc) is 2.53. The van der Waals surface area contributed by atoms with Crippen molar-refractivity contribution >= 4 is 17.7 Å². The molecule has 2 amide bonds. The predicted molar refractivity (Wildman–Crippen MR) is 89.1 cm³/mol. The second-order valence-corrected chi connectivity index (χ2v) is 6.60. The summed E-state index contributed by atoms with van der Waals surface area (Å²) in [6.45, 7) is 5.86.